The molecule has 3 aromatic heterocycles. The van der Waals surface area contributed by atoms with Crippen molar-refractivity contribution in [3.63, 3.8) is 0 Å². The number of hydrogen-bond acceptors (Lipinski definition) is 4. The molecule has 5 nitrogen and oxygen atoms in total. The molecule has 7 aromatic rings. The molecule has 0 spiro atoms. The number of rotatable bonds is 3. The van der Waals surface area contributed by atoms with Gasteiger partial charge < -0.3 is 14.7 Å². The molecular formula is C33H28N4OS. The SMILES string of the molecule is CC(C)c1nc2c3c(ccc2[nH]1)-c1ccc(-c2ccc4c(c2)c2sccc2c2nc(C(C)C)[nH]c42)cc1CO3. The molecule has 6 heteroatoms. The zero-order chi connectivity index (χ0) is 26.4. The van der Waals surface area contributed by atoms with Gasteiger partial charge in [-0.2, -0.15) is 0 Å². The molecule has 192 valence electrons. The van der Waals surface area contributed by atoms with E-state index in [4.69, 9.17) is 14.7 Å². The number of aromatic nitrogens is 4. The van der Waals surface area contributed by atoms with Gasteiger partial charge in [0.15, 0.2) is 5.75 Å². The Kier molecular flexibility index (Phi) is 4.77. The Bertz CT molecular complexity index is 2090. The molecule has 39 heavy (non-hydrogen) atoms. The molecule has 0 bridgehead atoms. The van der Waals surface area contributed by atoms with Crippen molar-refractivity contribution >= 4 is 54.3 Å². The van der Waals surface area contributed by atoms with E-state index in [0.29, 0.717) is 18.4 Å². The van der Waals surface area contributed by atoms with Gasteiger partial charge in [-0.05, 0) is 58.0 Å². The van der Waals surface area contributed by atoms with Gasteiger partial charge in [0.05, 0.1) is 16.6 Å². The maximum absolute atomic E-state index is 6.34. The third-order valence-electron chi connectivity index (χ3n) is 8.00. The minimum absolute atomic E-state index is 0.338. The molecule has 2 N–H and O–H groups in total. The first-order valence-corrected chi connectivity index (χ1v) is 14.5. The van der Waals surface area contributed by atoms with Crippen LogP contribution in [0.25, 0.3) is 65.2 Å². The second-order valence-electron chi connectivity index (χ2n) is 11.2. The number of thiophene rings is 1. The summed E-state index contributed by atoms with van der Waals surface area (Å²) in [6.07, 6.45) is 0. The van der Waals surface area contributed by atoms with Crippen LogP contribution >= 0.6 is 11.3 Å². The van der Waals surface area contributed by atoms with E-state index in [1.165, 1.54) is 43.1 Å². The van der Waals surface area contributed by atoms with Crippen LogP contribution in [0, 0.1) is 0 Å². The normalized spacial score (nSPS) is 13.2. The van der Waals surface area contributed by atoms with E-state index in [1.54, 1.807) is 11.3 Å². The summed E-state index contributed by atoms with van der Waals surface area (Å²) in [7, 11) is 0. The van der Waals surface area contributed by atoms with Crippen molar-refractivity contribution in [3.05, 3.63) is 77.2 Å². The number of imidazole rings is 2. The van der Waals surface area contributed by atoms with Crippen LogP contribution in [0.1, 0.15) is 56.7 Å². The lowest BCUT2D eigenvalue weighted by Gasteiger charge is -2.22. The monoisotopic (exact) mass is 528 g/mol. The Labute approximate surface area is 229 Å². The first kappa shape index (κ1) is 22.8. The van der Waals surface area contributed by atoms with Crippen molar-refractivity contribution in [1.82, 2.24) is 19.9 Å². The standard InChI is InChI=1S/C33H28N4OS/c1-16(2)32-34-26-10-9-23-21-7-5-18(13-20(21)15-38-30(23)29(26)37-32)19-6-8-22-25(14-19)31-24(11-12-39-31)28-27(22)35-33(36-28)17(3)4/h5-14,16-17H,15H2,1-4H3,(H,34,37)(H,35,36). The Morgan fingerprint density at radius 3 is 2.33 bits per heavy atom. The summed E-state index contributed by atoms with van der Waals surface area (Å²) in [5, 5.41) is 5.89. The lowest BCUT2D eigenvalue weighted by Crippen LogP contribution is -2.06. The third kappa shape index (κ3) is 3.31. The van der Waals surface area contributed by atoms with E-state index in [1.807, 2.05) is 0 Å². The van der Waals surface area contributed by atoms with Crippen LogP contribution in [0.2, 0.25) is 0 Å². The number of fused-ring (bicyclic) bond motifs is 11. The quantitative estimate of drug-likeness (QED) is 0.240. The highest BCUT2D eigenvalue weighted by Gasteiger charge is 2.23. The van der Waals surface area contributed by atoms with Crippen LogP contribution in [-0.4, -0.2) is 19.9 Å². The summed E-state index contributed by atoms with van der Waals surface area (Å²) in [6, 6.07) is 20.1. The number of H-pyrrole nitrogens is 2. The number of benzene rings is 4. The summed E-state index contributed by atoms with van der Waals surface area (Å²) in [6.45, 7) is 9.20. The number of nitrogens with zero attached hydrogens (tertiary/aromatic N) is 2. The minimum atomic E-state index is 0.338. The fraction of sp³-hybridized carbons (Fsp3) is 0.212. The molecule has 0 unspecified atom stereocenters. The number of aromatic amines is 2. The third-order valence-corrected chi connectivity index (χ3v) is 8.94. The summed E-state index contributed by atoms with van der Waals surface area (Å²) < 4.78 is 7.63. The van der Waals surface area contributed by atoms with E-state index in [9.17, 15) is 0 Å². The summed E-state index contributed by atoms with van der Waals surface area (Å²) in [4.78, 5) is 16.9. The van der Waals surface area contributed by atoms with Crippen LogP contribution in [0.4, 0.5) is 0 Å². The molecule has 0 amide bonds. The highest BCUT2D eigenvalue weighted by molar-refractivity contribution is 7.18. The van der Waals surface area contributed by atoms with E-state index < -0.39 is 0 Å². The fourth-order valence-corrected chi connectivity index (χ4v) is 6.82. The fourth-order valence-electron chi connectivity index (χ4n) is 5.90. The van der Waals surface area contributed by atoms with Gasteiger partial charge in [-0.1, -0.05) is 52.0 Å². The van der Waals surface area contributed by atoms with Crippen molar-refractivity contribution in [3.8, 4) is 28.0 Å². The molecular weight excluding hydrogens is 500 g/mol. The van der Waals surface area contributed by atoms with Gasteiger partial charge in [0.1, 0.15) is 23.8 Å². The summed E-state index contributed by atoms with van der Waals surface area (Å²) >= 11 is 1.79. The Morgan fingerprint density at radius 1 is 0.744 bits per heavy atom. The highest BCUT2D eigenvalue weighted by Crippen LogP contribution is 2.44. The predicted octanol–water partition coefficient (Wildman–Crippen LogP) is 9.28. The predicted molar refractivity (Wildman–Crippen MR) is 162 cm³/mol. The maximum atomic E-state index is 6.34. The molecule has 0 saturated heterocycles. The van der Waals surface area contributed by atoms with Gasteiger partial charge in [0, 0.05) is 38.3 Å². The van der Waals surface area contributed by atoms with E-state index in [-0.39, 0.29) is 0 Å². The van der Waals surface area contributed by atoms with Gasteiger partial charge in [0.25, 0.3) is 0 Å². The van der Waals surface area contributed by atoms with E-state index >= 15 is 0 Å². The first-order chi connectivity index (χ1) is 19.0. The maximum Gasteiger partial charge on any atom is 0.155 e. The molecule has 4 heterocycles. The summed E-state index contributed by atoms with van der Waals surface area (Å²) in [5.41, 5.74) is 10.1. The number of hydrogen-bond donors (Lipinski definition) is 2. The van der Waals surface area contributed by atoms with Crippen LogP contribution in [0.15, 0.2) is 60.0 Å². The van der Waals surface area contributed by atoms with Crippen molar-refractivity contribution in [2.75, 3.05) is 0 Å². The smallest absolute Gasteiger partial charge is 0.155 e. The highest BCUT2D eigenvalue weighted by atomic mass is 32.1. The Balaban J connectivity index is 1.26. The van der Waals surface area contributed by atoms with Gasteiger partial charge in [0.2, 0.25) is 0 Å². The molecule has 1 aliphatic rings. The van der Waals surface area contributed by atoms with Gasteiger partial charge >= 0.3 is 0 Å². The molecule has 0 radical (unpaired) electrons. The molecule has 4 aromatic carbocycles. The molecule has 1 aliphatic heterocycles. The van der Waals surface area contributed by atoms with Crippen LogP contribution < -0.4 is 4.74 Å². The number of nitrogens with one attached hydrogen (secondary N) is 2. The van der Waals surface area contributed by atoms with E-state index in [2.05, 4.69) is 97.6 Å². The lowest BCUT2D eigenvalue weighted by molar-refractivity contribution is 0.305. The largest absolute Gasteiger partial charge is 0.486 e. The van der Waals surface area contributed by atoms with Gasteiger partial charge in [-0.25, -0.2) is 9.97 Å². The van der Waals surface area contributed by atoms with Crippen molar-refractivity contribution < 1.29 is 4.74 Å². The lowest BCUT2D eigenvalue weighted by atomic mass is 9.92. The molecule has 8 rings (SSSR count). The van der Waals surface area contributed by atoms with Gasteiger partial charge in [-0.15, -0.1) is 11.3 Å². The minimum Gasteiger partial charge on any atom is -0.486 e. The van der Waals surface area contributed by atoms with E-state index in [0.717, 1.165) is 45.0 Å². The Morgan fingerprint density at radius 2 is 1.49 bits per heavy atom. The molecule has 0 aliphatic carbocycles. The summed E-state index contributed by atoms with van der Waals surface area (Å²) in [5.74, 6) is 3.60. The molecule has 0 fully saturated rings. The van der Waals surface area contributed by atoms with Crippen LogP contribution in [0.5, 0.6) is 5.75 Å². The van der Waals surface area contributed by atoms with Crippen molar-refractivity contribution in [1.29, 1.82) is 0 Å². The average molecular weight is 529 g/mol. The molecule has 0 saturated carbocycles. The average Bonchev–Trinajstić information content (AvgIpc) is 3.70. The second kappa shape index (κ2) is 8.17. The van der Waals surface area contributed by atoms with Crippen LogP contribution in [-0.2, 0) is 6.61 Å². The zero-order valence-electron chi connectivity index (χ0n) is 22.3. The first-order valence-electron chi connectivity index (χ1n) is 13.6. The van der Waals surface area contributed by atoms with Crippen molar-refractivity contribution in [2.45, 2.75) is 46.1 Å². The Hall–Kier alpha value is -4.16. The number of ether oxygens (including phenoxy) is 1. The second-order valence-corrected chi connectivity index (χ2v) is 12.1. The zero-order valence-corrected chi connectivity index (χ0v) is 23.2. The topological polar surface area (TPSA) is 66.6 Å². The molecule has 0 atom stereocenters. The van der Waals surface area contributed by atoms with Crippen molar-refractivity contribution in [2.24, 2.45) is 0 Å². The van der Waals surface area contributed by atoms with Gasteiger partial charge in [-0.3, -0.25) is 0 Å². The van der Waals surface area contributed by atoms with Crippen LogP contribution in [0.3, 0.4) is 0 Å².